The minimum absolute atomic E-state index is 0.0221. The van der Waals surface area contributed by atoms with Gasteiger partial charge in [-0.05, 0) is 37.6 Å². The molecule has 116 valence electrons. The summed E-state index contributed by atoms with van der Waals surface area (Å²) < 4.78 is 5.14. The molecular formula is C15H16ClN3O2S. The van der Waals surface area contributed by atoms with Crippen LogP contribution in [0, 0.1) is 0 Å². The van der Waals surface area contributed by atoms with Crippen LogP contribution in [0.25, 0.3) is 11.3 Å². The molecule has 0 spiro atoms. The van der Waals surface area contributed by atoms with Crippen LogP contribution in [0.3, 0.4) is 0 Å². The summed E-state index contributed by atoms with van der Waals surface area (Å²) in [4.78, 5) is 16.5. The molecule has 1 atom stereocenters. The van der Waals surface area contributed by atoms with Gasteiger partial charge in [0.1, 0.15) is 5.75 Å². The van der Waals surface area contributed by atoms with Gasteiger partial charge in [0.2, 0.25) is 5.91 Å². The molecule has 2 N–H and O–H groups in total. The Labute approximate surface area is 137 Å². The van der Waals surface area contributed by atoms with Crippen LogP contribution in [0.4, 0.5) is 5.13 Å². The van der Waals surface area contributed by atoms with E-state index in [1.807, 2.05) is 11.4 Å². The maximum atomic E-state index is 12.1. The molecule has 2 aromatic rings. The Hall–Kier alpha value is -1.63. The number of thiazole rings is 1. The zero-order valence-corrected chi connectivity index (χ0v) is 13.6. The smallest absolute Gasteiger partial charge is 0.243 e. The van der Waals surface area contributed by atoms with E-state index in [1.54, 1.807) is 19.2 Å². The molecule has 1 aliphatic rings. The minimum Gasteiger partial charge on any atom is -0.495 e. The van der Waals surface area contributed by atoms with Crippen LogP contribution in [0.5, 0.6) is 5.75 Å². The van der Waals surface area contributed by atoms with Gasteiger partial charge in [-0.25, -0.2) is 4.98 Å². The Balaban J connectivity index is 1.73. The Morgan fingerprint density at radius 2 is 2.41 bits per heavy atom. The van der Waals surface area contributed by atoms with Gasteiger partial charge in [-0.1, -0.05) is 11.6 Å². The third-order valence-electron chi connectivity index (χ3n) is 3.56. The largest absolute Gasteiger partial charge is 0.495 e. The monoisotopic (exact) mass is 337 g/mol. The lowest BCUT2D eigenvalue weighted by Gasteiger charge is -2.08. The first kappa shape index (κ1) is 15.3. The SMILES string of the molecule is COc1ccc(-c2csc(NC(=O)C3CCCN3)n2)cc1Cl. The molecule has 0 radical (unpaired) electrons. The molecule has 1 amide bonds. The number of methoxy groups -OCH3 is 1. The molecule has 5 nitrogen and oxygen atoms in total. The minimum atomic E-state index is -0.109. The third kappa shape index (κ3) is 3.24. The number of carbonyl (C=O) groups excluding carboxylic acids is 1. The molecule has 7 heteroatoms. The summed E-state index contributed by atoms with van der Waals surface area (Å²) in [5.74, 6) is 0.604. The van der Waals surface area contributed by atoms with Crippen molar-refractivity contribution >= 4 is 34.0 Å². The average molecular weight is 338 g/mol. The number of ether oxygens (including phenoxy) is 1. The summed E-state index contributed by atoms with van der Waals surface area (Å²) >= 11 is 7.53. The summed E-state index contributed by atoms with van der Waals surface area (Å²) in [5, 5.41) is 9.06. The maximum Gasteiger partial charge on any atom is 0.243 e. The van der Waals surface area contributed by atoms with Gasteiger partial charge in [0.05, 0.1) is 23.9 Å². The first-order valence-corrected chi connectivity index (χ1v) is 8.27. The van der Waals surface area contributed by atoms with Crippen molar-refractivity contribution in [1.82, 2.24) is 10.3 Å². The fraction of sp³-hybridized carbons (Fsp3) is 0.333. The first-order chi connectivity index (χ1) is 10.7. The van der Waals surface area contributed by atoms with Gasteiger partial charge in [-0.3, -0.25) is 4.79 Å². The molecular weight excluding hydrogens is 322 g/mol. The molecule has 0 saturated carbocycles. The van der Waals surface area contributed by atoms with Crippen LogP contribution in [-0.4, -0.2) is 30.6 Å². The zero-order valence-electron chi connectivity index (χ0n) is 12.1. The highest BCUT2D eigenvalue weighted by Gasteiger charge is 2.22. The van der Waals surface area contributed by atoms with Gasteiger partial charge in [0.15, 0.2) is 5.13 Å². The van der Waals surface area contributed by atoms with Crippen molar-refractivity contribution < 1.29 is 9.53 Å². The third-order valence-corrected chi connectivity index (χ3v) is 4.61. The van der Waals surface area contributed by atoms with Crippen molar-refractivity contribution in [3.63, 3.8) is 0 Å². The van der Waals surface area contributed by atoms with Crippen LogP contribution in [0.2, 0.25) is 5.02 Å². The van der Waals surface area contributed by atoms with Crippen LogP contribution in [-0.2, 0) is 4.79 Å². The fourth-order valence-corrected chi connectivity index (χ4v) is 3.37. The highest BCUT2D eigenvalue weighted by atomic mass is 35.5. The summed E-state index contributed by atoms with van der Waals surface area (Å²) in [6.45, 7) is 0.894. The Morgan fingerprint density at radius 1 is 1.55 bits per heavy atom. The molecule has 22 heavy (non-hydrogen) atoms. The summed E-state index contributed by atoms with van der Waals surface area (Å²) in [6, 6.07) is 5.39. The van der Waals surface area contributed by atoms with Crippen LogP contribution >= 0.6 is 22.9 Å². The van der Waals surface area contributed by atoms with Gasteiger partial charge < -0.3 is 15.4 Å². The van der Waals surface area contributed by atoms with Crippen molar-refractivity contribution in [3.8, 4) is 17.0 Å². The topological polar surface area (TPSA) is 63.2 Å². The lowest BCUT2D eigenvalue weighted by Crippen LogP contribution is -2.35. The van der Waals surface area contributed by atoms with Crippen molar-refractivity contribution in [3.05, 3.63) is 28.6 Å². The number of hydrogen-bond donors (Lipinski definition) is 2. The van der Waals surface area contributed by atoms with Gasteiger partial charge in [-0.15, -0.1) is 11.3 Å². The number of amides is 1. The van der Waals surface area contributed by atoms with Crippen LogP contribution in [0.1, 0.15) is 12.8 Å². The van der Waals surface area contributed by atoms with E-state index in [1.165, 1.54) is 11.3 Å². The summed E-state index contributed by atoms with van der Waals surface area (Å²) in [5.41, 5.74) is 1.67. The number of aromatic nitrogens is 1. The van der Waals surface area contributed by atoms with E-state index < -0.39 is 0 Å². The van der Waals surface area contributed by atoms with E-state index in [-0.39, 0.29) is 11.9 Å². The molecule has 1 aliphatic heterocycles. The van der Waals surface area contributed by atoms with Gasteiger partial charge in [0, 0.05) is 10.9 Å². The fourth-order valence-electron chi connectivity index (χ4n) is 2.39. The Bertz CT molecular complexity index is 683. The van der Waals surface area contributed by atoms with E-state index in [4.69, 9.17) is 16.3 Å². The molecule has 1 unspecified atom stereocenters. The van der Waals surface area contributed by atoms with Gasteiger partial charge in [-0.2, -0.15) is 0 Å². The van der Waals surface area contributed by atoms with Crippen molar-refractivity contribution in [2.24, 2.45) is 0 Å². The second kappa shape index (κ2) is 6.64. The Kier molecular flexibility index (Phi) is 4.61. The van der Waals surface area contributed by atoms with E-state index in [2.05, 4.69) is 15.6 Å². The zero-order chi connectivity index (χ0) is 15.5. The number of anilines is 1. The molecule has 1 aromatic heterocycles. The van der Waals surface area contributed by atoms with E-state index in [0.717, 1.165) is 30.6 Å². The number of nitrogens with one attached hydrogen (secondary N) is 2. The Morgan fingerprint density at radius 3 is 3.09 bits per heavy atom. The second-order valence-corrected chi connectivity index (χ2v) is 6.29. The van der Waals surface area contributed by atoms with Crippen LogP contribution < -0.4 is 15.4 Å². The van der Waals surface area contributed by atoms with E-state index >= 15 is 0 Å². The first-order valence-electron chi connectivity index (χ1n) is 7.01. The quantitative estimate of drug-likeness (QED) is 0.899. The standard InChI is InChI=1S/C15H16ClN3O2S/c1-21-13-5-4-9(7-10(13)16)12-8-22-15(18-12)19-14(20)11-3-2-6-17-11/h4-5,7-8,11,17H,2-3,6H2,1H3,(H,18,19,20). The maximum absolute atomic E-state index is 12.1. The van der Waals surface area contributed by atoms with Crippen LogP contribution in [0.15, 0.2) is 23.6 Å². The van der Waals surface area contributed by atoms with E-state index in [9.17, 15) is 4.79 Å². The van der Waals surface area contributed by atoms with Crippen molar-refractivity contribution in [2.75, 3.05) is 19.0 Å². The number of benzene rings is 1. The van der Waals surface area contributed by atoms with Gasteiger partial charge in [0.25, 0.3) is 0 Å². The van der Waals surface area contributed by atoms with Gasteiger partial charge >= 0.3 is 0 Å². The molecule has 0 bridgehead atoms. The normalized spacial score (nSPS) is 17.5. The number of nitrogens with zero attached hydrogens (tertiary/aromatic N) is 1. The molecule has 1 fully saturated rings. The van der Waals surface area contributed by atoms with Crippen molar-refractivity contribution in [2.45, 2.75) is 18.9 Å². The van der Waals surface area contributed by atoms with Crippen molar-refractivity contribution in [1.29, 1.82) is 0 Å². The lowest BCUT2D eigenvalue weighted by atomic mass is 10.2. The summed E-state index contributed by atoms with van der Waals surface area (Å²) in [6.07, 6.45) is 1.91. The number of halogens is 1. The molecule has 2 heterocycles. The number of carbonyl (C=O) groups is 1. The number of hydrogen-bond acceptors (Lipinski definition) is 5. The molecule has 1 aromatic carbocycles. The molecule has 3 rings (SSSR count). The number of rotatable bonds is 4. The second-order valence-electron chi connectivity index (χ2n) is 5.03. The molecule has 1 saturated heterocycles. The lowest BCUT2D eigenvalue weighted by molar-refractivity contribution is -0.117. The predicted octanol–water partition coefficient (Wildman–Crippen LogP) is 3.16. The predicted molar refractivity (Wildman–Crippen MR) is 88.8 cm³/mol. The molecule has 0 aliphatic carbocycles. The average Bonchev–Trinajstić information content (AvgIpc) is 3.18. The highest BCUT2D eigenvalue weighted by Crippen LogP contribution is 2.31. The van der Waals surface area contributed by atoms with E-state index in [0.29, 0.717) is 15.9 Å². The summed E-state index contributed by atoms with van der Waals surface area (Å²) in [7, 11) is 1.58. The highest BCUT2D eigenvalue weighted by molar-refractivity contribution is 7.14.